The van der Waals surface area contributed by atoms with Crippen molar-refractivity contribution in [2.45, 2.75) is 38.0 Å². The monoisotopic (exact) mass is 445 g/mol. The largest absolute Gasteiger partial charge is 0.504 e. The fourth-order valence-electron chi connectivity index (χ4n) is 5.53. The number of phenolic OH excluding ortho intramolecular Hbond substituents is 1. The van der Waals surface area contributed by atoms with E-state index >= 15 is 0 Å². The number of fused-ring (bicyclic) bond motifs is 5. The summed E-state index contributed by atoms with van der Waals surface area (Å²) < 4.78 is 17.3. The molecule has 0 amide bonds. The second-order valence-corrected chi connectivity index (χ2v) is 9.01. The summed E-state index contributed by atoms with van der Waals surface area (Å²) in [6.45, 7) is 2.16. The fraction of sp³-hybridized carbons (Fsp3) is 0.370. The zero-order valence-electron chi connectivity index (χ0n) is 18.7. The predicted octanol–water partition coefficient (Wildman–Crippen LogP) is 4.57. The standard InChI is InChI=1S/C27H27NO5/c1-31-24-12-16(6-7-22(24)29)19-14-21-18-15-26-25(32-10-3-11-33-26)13-17(18)8-9-28(21)20-4-2-5-23(30)27(19)20/h6-7,12-15,19,29H,2-5,8-11H2,1H3/t19-/m1/s1. The van der Waals surface area contributed by atoms with Gasteiger partial charge in [0, 0.05) is 47.8 Å². The average Bonchev–Trinajstić information content (AvgIpc) is 3.07. The maximum atomic E-state index is 13.2. The Morgan fingerprint density at radius 2 is 1.85 bits per heavy atom. The van der Waals surface area contributed by atoms with Crippen LogP contribution in [0, 0.1) is 0 Å². The van der Waals surface area contributed by atoms with Gasteiger partial charge >= 0.3 is 0 Å². The zero-order chi connectivity index (χ0) is 22.5. The number of ether oxygens (including phenoxy) is 3. The van der Waals surface area contributed by atoms with Gasteiger partial charge in [-0.3, -0.25) is 4.79 Å². The van der Waals surface area contributed by atoms with E-state index in [4.69, 9.17) is 14.2 Å². The number of methoxy groups -OCH3 is 1. The molecule has 0 saturated carbocycles. The van der Waals surface area contributed by atoms with Crippen molar-refractivity contribution >= 4 is 11.5 Å². The highest BCUT2D eigenvalue weighted by atomic mass is 16.5. The van der Waals surface area contributed by atoms with Crippen LogP contribution in [-0.2, 0) is 11.2 Å². The van der Waals surface area contributed by atoms with Gasteiger partial charge in [-0.05, 0) is 60.7 Å². The van der Waals surface area contributed by atoms with Crippen molar-refractivity contribution in [1.29, 1.82) is 0 Å². The number of hydrogen-bond donors (Lipinski definition) is 1. The molecule has 1 atom stereocenters. The van der Waals surface area contributed by atoms with Crippen LogP contribution in [0.25, 0.3) is 5.70 Å². The number of Topliss-reactive ketones (excluding diaryl/α,β-unsaturated/α-hetero) is 1. The van der Waals surface area contributed by atoms with E-state index in [0.717, 1.165) is 71.8 Å². The molecule has 2 aromatic carbocycles. The second kappa shape index (κ2) is 7.87. The van der Waals surface area contributed by atoms with E-state index in [0.29, 0.717) is 25.4 Å². The molecular formula is C27H27NO5. The van der Waals surface area contributed by atoms with Crippen LogP contribution in [0.2, 0.25) is 0 Å². The van der Waals surface area contributed by atoms with Gasteiger partial charge in [-0.1, -0.05) is 6.07 Å². The van der Waals surface area contributed by atoms with E-state index in [1.54, 1.807) is 13.2 Å². The summed E-state index contributed by atoms with van der Waals surface area (Å²) in [5, 5.41) is 10.1. The molecule has 2 aromatic rings. The van der Waals surface area contributed by atoms with E-state index in [9.17, 15) is 9.90 Å². The summed E-state index contributed by atoms with van der Waals surface area (Å²) in [4.78, 5) is 15.5. The predicted molar refractivity (Wildman–Crippen MR) is 124 cm³/mol. The van der Waals surface area contributed by atoms with Crippen molar-refractivity contribution < 1.29 is 24.1 Å². The Morgan fingerprint density at radius 3 is 2.67 bits per heavy atom. The Balaban J connectivity index is 1.52. The highest BCUT2D eigenvalue weighted by Gasteiger charge is 2.38. The molecule has 0 radical (unpaired) electrons. The van der Waals surface area contributed by atoms with Crippen LogP contribution in [0.15, 0.2) is 47.7 Å². The Kier molecular flexibility index (Phi) is 4.82. The van der Waals surface area contributed by atoms with E-state index in [1.165, 1.54) is 5.56 Å². The SMILES string of the molecule is COc1cc([C@H]2C=C3c4cc5c(cc4CCN3C3=C2C(=O)CCC3)OCCCO5)ccc1O. The van der Waals surface area contributed by atoms with Crippen LogP contribution in [0.1, 0.15) is 48.3 Å². The molecule has 0 unspecified atom stereocenters. The average molecular weight is 446 g/mol. The number of allylic oxidation sites excluding steroid dienone is 3. The lowest BCUT2D eigenvalue weighted by Gasteiger charge is -2.43. The molecule has 33 heavy (non-hydrogen) atoms. The maximum Gasteiger partial charge on any atom is 0.161 e. The normalized spacial score (nSPS) is 21.5. The molecule has 1 N–H and O–H groups in total. The van der Waals surface area contributed by atoms with Crippen LogP contribution in [-0.4, -0.2) is 42.7 Å². The number of aromatic hydroxyl groups is 1. The van der Waals surface area contributed by atoms with Crippen molar-refractivity contribution in [3.8, 4) is 23.0 Å². The van der Waals surface area contributed by atoms with Gasteiger partial charge in [-0.15, -0.1) is 0 Å². The minimum absolute atomic E-state index is 0.0957. The number of ketones is 1. The van der Waals surface area contributed by atoms with Gasteiger partial charge in [0.25, 0.3) is 0 Å². The molecule has 0 spiro atoms. The molecule has 6 heteroatoms. The molecule has 6 nitrogen and oxygen atoms in total. The van der Waals surface area contributed by atoms with Crippen molar-refractivity contribution in [2.24, 2.45) is 0 Å². The summed E-state index contributed by atoms with van der Waals surface area (Å²) in [5.74, 6) is 2.15. The van der Waals surface area contributed by atoms with Gasteiger partial charge in [0.15, 0.2) is 28.8 Å². The summed E-state index contributed by atoms with van der Waals surface area (Å²) >= 11 is 0. The van der Waals surface area contributed by atoms with Gasteiger partial charge in [-0.2, -0.15) is 0 Å². The summed E-state index contributed by atoms with van der Waals surface area (Å²) in [5.41, 5.74) is 6.48. The van der Waals surface area contributed by atoms with Crippen molar-refractivity contribution in [2.75, 3.05) is 26.9 Å². The summed E-state index contributed by atoms with van der Waals surface area (Å²) in [7, 11) is 1.54. The summed E-state index contributed by atoms with van der Waals surface area (Å²) in [6.07, 6.45) is 6.32. The lowest BCUT2D eigenvalue weighted by atomic mass is 9.77. The Labute approximate surface area is 193 Å². The molecule has 4 aliphatic rings. The maximum absolute atomic E-state index is 13.2. The summed E-state index contributed by atoms with van der Waals surface area (Å²) in [6, 6.07) is 9.62. The van der Waals surface area contributed by atoms with Crippen LogP contribution in [0.5, 0.6) is 23.0 Å². The van der Waals surface area contributed by atoms with Crippen LogP contribution < -0.4 is 14.2 Å². The number of hydrogen-bond acceptors (Lipinski definition) is 6. The molecule has 0 saturated heterocycles. The van der Waals surface area contributed by atoms with Gasteiger partial charge in [0.05, 0.1) is 20.3 Å². The van der Waals surface area contributed by atoms with Crippen LogP contribution in [0.4, 0.5) is 0 Å². The molecule has 6 rings (SSSR count). The van der Waals surface area contributed by atoms with Gasteiger partial charge in [0.2, 0.25) is 0 Å². The molecule has 170 valence electrons. The first kappa shape index (κ1) is 20.2. The van der Waals surface area contributed by atoms with E-state index in [2.05, 4.69) is 23.1 Å². The number of nitrogens with zero attached hydrogens (tertiary/aromatic N) is 1. The Morgan fingerprint density at radius 1 is 1.03 bits per heavy atom. The van der Waals surface area contributed by atoms with E-state index in [-0.39, 0.29) is 17.5 Å². The van der Waals surface area contributed by atoms with Gasteiger partial charge in [0.1, 0.15) is 0 Å². The number of benzene rings is 2. The minimum atomic E-state index is -0.185. The molecule has 3 aliphatic heterocycles. The first-order valence-corrected chi connectivity index (χ1v) is 11.7. The number of carbonyl (C=O) groups excluding carboxylic acids is 1. The molecule has 1 aliphatic carbocycles. The van der Waals surface area contributed by atoms with Crippen molar-refractivity contribution in [3.05, 3.63) is 64.4 Å². The lowest BCUT2D eigenvalue weighted by molar-refractivity contribution is -0.116. The lowest BCUT2D eigenvalue weighted by Crippen LogP contribution is -2.36. The number of carbonyl (C=O) groups is 1. The van der Waals surface area contributed by atoms with Crippen molar-refractivity contribution in [1.82, 2.24) is 4.90 Å². The van der Waals surface area contributed by atoms with Crippen LogP contribution >= 0.6 is 0 Å². The third kappa shape index (κ3) is 3.27. The number of phenols is 1. The first-order valence-electron chi connectivity index (χ1n) is 11.7. The van der Waals surface area contributed by atoms with Gasteiger partial charge in [-0.25, -0.2) is 0 Å². The molecule has 0 aromatic heterocycles. The smallest absolute Gasteiger partial charge is 0.161 e. The topological polar surface area (TPSA) is 68.2 Å². The zero-order valence-corrected chi connectivity index (χ0v) is 18.7. The molecule has 0 bridgehead atoms. The van der Waals surface area contributed by atoms with E-state index < -0.39 is 0 Å². The van der Waals surface area contributed by atoms with Crippen molar-refractivity contribution in [3.63, 3.8) is 0 Å². The number of rotatable bonds is 2. The quantitative estimate of drug-likeness (QED) is 0.731. The first-order chi connectivity index (χ1) is 16.1. The molecule has 3 heterocycles. The molecule has 0 fully saturated rings. The third-order valence-corrected chi connectivity index (χ3v) is 7.10. The third-order valence-electron chi connectivity index (χ3n) is 7.10. The minimum Gasteiger partial charge on any atom is -0.504 e. The van der Waals surface area contributed by atoms with Crippen LogP contribution in [0.3, 0.4) is 0 Å². The second-order valence-electron chi connectivity index (χ2n) is 9.01. The fourth-order valence-corrected chi connectivity index (χ4v) is 5.53. The van der Waals surface area contributed by atoms with Gasteiger partial charge < -0.3 is 24.2 Å². The highest BCUT2D eigenvalue weighted by Crippen LogP contribution is 2.49. The van der Waals surface area contributed by atoms with E-state index in [1.807, 2.05) is 12.1 Å². The Hall–Kier alpha value is -3.41. The highest BCUT2D eigenvalue weighted by molar-refractivity contribution is 6.00. The Bertz CT molecular complexity index is 1210. The molecular weight excluding hydrogens is 418 g/mol.